The van der Waals surface area contributed by atoms with Crippen molar-refractivity contribution in [2.24, 2.45) is 4.99 Å². The zero-order valence-electron chi connectivity index (χ0n) is 11.5. The van der Waals surface area contributed by atoms with Crippen LogP contribution in [-0.4, -0.2) is 24.0 Å². The lowest BCUT2D eigenvalue weighted by Gasteiger charge is -2.05. The molecule has 0 N–H and O–H groups in total. The molecular weight excluding hydrogens is 272 g/mol. The molecule has 1 aromatic rings. The smallest absolute Gasteiger partial charge is 0.270 e. The van der Waals surface area contributed by atoms with Gasteiger partial charge in [0.1, 0.15) is 11.8 Å². The normalized spacial score (nSPS) is 20.4. The predicted molar refractivity (Wildman–Crippen MR) is 76.9 cm³/mol. The number of nitrogens with zero attached hydrogens (tertiary/aromatic N) is 2. The van der Waals surface area contributed by atoms with E-state index in [0.29, 0.717) is 11.5 Å². The molecule has 108 valence electrons. The van der Waals surface area contributed by atoms with E-state index < -0.39 is 4.92 Å². The zero-order chi connectivity index (χ0) is 14.8. The van der Waals surface area contributed by atoms with Gasteiger partial charge in [-0.15, -0.1) is 0 Å². The number of nitro benzene ring substituents is 1. The van der Waals surface area contributed by atoms with Crippen LogP contribution in [-0.2, 0) is 9.47 Å². The molecule has 0 bridgehead atoms. The van der Waals surface area contributed by atoms with Crippen LogP contribution < -0.4 is 0 Å². The molecule has 1 unspecified atom stereocenters. The summed E-state index contributed by atoms with van der Waals surface area (Å²) in [4.78, 5) is 14.9. The van der Waals surface area contributed by atoms with E-state index in [2.05, 4.69) is 4.99 Å². The molecule has 0 fully saturated rings. The van der Waals surface area contributed by atoms with E-state index in [0.717, 1.165) is 24.4 Å². The molecule has 6 heteroatoms. The predicted octanol–water partition coefficient (Wildman–Crippen LogP) is 2.95. The number of non-ortho nitro benzene ring substituents is 1. The van der Waals surface area contributed by atoms with E-state index in [-0.39, 0.29) is 11.7 Å². The number of methoxy groups -OCH3 is 1. The molecule has 0 aromatic heterocycles. The number of rotatable bonds is 3. The van der Waals surface area contributed by atoms with Crippen molar-refractivity contribution < 1.29 is 14.4 Å². The molecule has 0 saturated heterocycles. The van der Waals surface area contributed by atoms with Crippen molar-refractivity contribution >= 4 is 11.6 Å². The molecule has 0 amide bonds. The number of benzene rings is 1. The van der Waals surface area contributed by atoms with E-state index in [1.54, 1.807) is 19.2 Å². The second-order valence-corrected chi connectivity index (χ2v) is 4.80. The lowest BCUT2D eigenvalue weighted by atomic mass is 10.1. The zero-order valence-corrected chi connectivity index (χ0v) is 11.5. The third-order valence-electron chi connectivity index (χ3n) is 3.48. The van der Waals surface area contributed by atoms with Gasteiger partial charge in [0, 0.05) is 24.1 Å². The van der Waals surface area contributed by atoms with Gasteiger partial charge in [0.25, 0.3) is 5.69 Å². The molecule has 3 rings (SSSR count). The maximum Gasteiger partial charge on any atom is 0.270 e. The summed E-state index contributed by atoms with van der Waals surface area (Å²) in [6.45, 7) is 0. The highest BCUT2D eigenvalue weighted by atomic mass is 16.6. The molecular formula is C15H14N2O4. The molecule has 1 aliphatic carbocycles. The van der Waals surface area contributed by atoms with Gasteiger partial charge in [0.05, 0.1) is 17.8 Å². The molecule has 0 radical (unpaired) electrons. The van der Waals surface area contributed by atoms with Gasteiger partial charge >= 0.3 is 0 Å². The van der Waals surface area contributed by atoms with Gasteiger partial charge in [0.15, 0.2) is 0 Å². The van der Waals surface area contributed by atoms with Gasteiger partial charge < -0.3 is 9.47 Å². The quantitative estimate of drug-likeness (QED) is 0.632. The van der Waals surface area contributed by atoms with Crippen LogP contribution in [0.1, 0.15) is 18.4 Å². The van der Waals surface area contributed by atoms with Crippen LogP contribution in [0.2, 0.25) is 0 Å². The lowest BCUT2D eigenvalue weighted by Crippen LogP contribution is -2.03. The van der Waals surface area contributed by atoms with E-state index in [1.807, 2.05) is 12.2 Å². The fraction of sp³-hybridized carbons (Fsp3) is 0.267. The standard InChI is InChI=1S/C15H14N2O4/c1-20-12-5-7-13-14(8-6-12)21-15(16-13)10-3-2-4-11(9-10)17(18)19/h2-4,6,8-9,13H,5,7H2,1H3. The Morgan fingerprint density at radius 3 is 3.05 bits per heavy atom. The highest BCUT2D eigenvalue weighted by Crippen LogP contribution is 2.29. The first-order chi connectivity index (χ1) is 10.2. The highest BCUT2D eigenvalue weighted by molar-refractivity contribution is 5.97. The minimum absolute atomic E-state index is 0.0291. The fourth-order valence-corrected chi connectivity index (χ4v) is 2.36. The van der Waals surface area contributed by atoms with Crippen LogP contribution in [0.5, 0.6) is 0 Å². The summed E-state index contributed by atoms with van der Waals surface area (Å²) in [5.41, 5.74) is 0.649. The lowest BCUT2D eigenvalue weighted by molar-refractivity contribution is -0.384. The number of hydrogen-bond donors (Lipinski definition) is 0. The third-order valence-corrected chi connectivity index (χ3v) is 3.48. The SMILES string of the molecule is COC1=CC=C2OC(c3cccc([N+](=O)[O-])c3)=NC2CC1. The number of fused-ring (bicyclic) bond motifs is 1. The minimum atomic E-state index is -0.427. The van der Waals surface area contributed by atoms with Gasteiger partial charge in [0.2, 0.25) is 5.90 Å². The van der Waals surface area contributed by atoms with Crippen molar-refractivity contribution in [3.63, 3.8) is 0 Å². The number of allylic oxidation sites excluding steroid dienone is 3. The van der Waals surface area contributed by atoms with Gasteiger partial charge in [-0.2, -0.15) is 0 Å². The van der Waals surface area contributed by atoms with E-state index in [4.69, 9.17) is 9.47 Å². The minimum Gasteiger partial charge on any atom is -0.501 e. The molecule has 1 heterocycles. The summed E-state index contributed by atoms with van der Waals surface area (Å²) in [7, 11) is 1.64. The summed E-state index contributed by atoms with van der Waals surface area (Å²) in [6, 6.07) is 6.26. The number of nitro groups is 1. The fourth-order valence-electron chi connectivity index (χ4n) is 2.36. The Bertz CT molecular complexity index is 676. The van der Waals surface area contributed by atoms with Crippen LogP contribution in [0.15, 0.2) is 52.9 Å². The van der Waals surface area contributed by atoms with Crippen LogP contribution in [0.25, 0.3) is 0 Å². The van der Waals surface area contributed by atoms with Crippen LogP contribution in [0.3, 0.4) is 0 Å². The molecule has 6 nitrogen and oxygen atoms in total. The second kappa shape index (κ2) is 5.40. The Balaban J connectivity index is 1.86. The van der Waals surface area contributed by atoms with E-state index >= 15 is 0 Å². The van der Waals surface area contributed by atoms with Crippen molar-refractivity contribution in [3.05, 3.63) is 63.6 Å². The van der Waals surface area contributed by atoms with E-state index in [9.17, 15) is 10.1 Å². The molecule has 0 saturated carbocycles. The topological polar surface area (TPSA) is 74.0 Å². The summed E-state index contributed by atoms with van der Waals surface area (Å²) in [6.07, 6.45) is 5.31. The molecule has 1 aliphatic heterocycles. The van der Waals surface area contributed by atoms with E-state index in [1.165, 1.54) is 12.1 Å². The Labute approximate surface area is 121 Å². The number of ether oxygens (including phenoxy) is 2. The average molecular weight is 286 g/mol. The van der Waals surface area contributed by atoms with Gasteiger partial charge in [-0.05, 0) is 24.6 Å². The first kappa shape index (κ1) is 13.4. The third kappa shape index (κ3) is 2.65. The first-order valence-corrected chi connectivity index (χ1v) is 6.62. The van der Waals surface area contributed by atoms with Crippen LogP contribution >= 0.6 is 0 Å². The molecule has 2 aliphatic rings. The molecule has 1 aromatic carbocycles. The van der Waals surface area contributed by atoms with Crippen LogP contribution in [0, 0.1) is 10.1 Å². The van der Waals surface area contributed by atoms with Gasteiger partial charge in [-0.1, -0.05) is 6.07 Å². The monoisotopic (exact) mass is 286 g/mol. The summed E-state index contributed by atoms with van der Waals surface area (Å²) >= 11 is 0. The summed E-state index contributed by atoms with van der Waals surface area (Å²) < 4.78 is 11.0. The van der Waals surface area contributed by atoms with Crippen molar-refractivity contribution in [1.29, 1.82) is 0 Å². The van der Waals surface area contributed by atoms with Crippen molar-refractivity contribution in [2.45, 2.75) is 18.9 Å². The molecule has 21 heavy (non-hydrogen) atoms. The molecule has 0 spiro atoms. The van der Waals surface area contributed by atoms with Crippen molar-refractivity contribution in [3.8, 4) is 0 Å². The van der Waals surface area contributed by atoms with Crippen LogP contribution in [0.4, 0.5) is 5.69 Å². The Kier molecular flexibility index (Phi) is 3.43. The Morgan fingerprint density at radius 1 is 1.43 bits per heavy atom. The molecule has 1 atom stereocenters. The summed E-state index contributed by atoms with van der Waals surface area (Å²) in [5.74, 6) is 2.08. The largest absolute Gasteiger partial charge is 0.501 e. The number of aliphatic imine (C=N–C) groups is 1. The van der Waals surface area contributed by atoms with Gasteiger partial charge in [-0.3, -0.25) is 10.1 Å². The Morgan fingerprint density at radius 2 is 2.29 bits per heavy atom. The maximum atomic E-state index is 10.8. The first-order valence-electron chi connectivity index (χ1n) is 6.62. The number of hydrogen-bond acceptors (Lipinski definition) is 5. The second-order valence-electron chi connectivity index (χ2n) is 4.80. The van der Waals surface area contributed by atoms with Crippen molar-refractivity contribution in [2.75, 3.05) is 7.11 Å². The summed E-state index contributed by atoms with van der Waals surface area (Å²) in [5, 5.41) is 10.8. The highest BCUT2D eigenvalue weighted by Gasteiger charge is 2.28. The van der Waals surface area contributed by atoms with Gasteiger partial charge in [-0.25, -0.2) is 4.99 Å². The average Bonchev–Trinajstić information content (AvgIpc) is 2.81. The Hall–Kier alpha value is -2.63. The maximum absolute atomic E-state index is 10.8. The van der Waals surface area contributed by atoms with Crippen molar-refractivity contribution in [1.82, 2.24) is 0 Å².